The highest BCUT2D eigenvalue weighted by atomic mass is 16.3. The van der Waals surface area contributed by atoms with Gasteiger partial charge in [0.25, 0.3) is 0 Å². The fourth-order valence-corrected chi connectivity index (χ4v) is 3.74. The van der Waals surface area contributed by atoms with Gasteiger partial charge in [-0.25, -0.2) is 0 Å². The van der Waals surface area contributed by atoms with E-state index in [0.29, 0.717) is 12.5 Å². The molecule has 0 saturated carbocycles. The summed E-state index contributed by atoms with van der Waals surface area (Å²) in [7, 11) is 0. The molecule has 94 valence electrons. The Bertz CT molecular complexity index is 368. The van der Waals surface area contributed by atoms with Crippen LogP contribution in [0.1, 0.15) is 50.7 Å². The first-order valence-electron chi connectivity index (χ1n) is 6.97. The minimum absolute atomic E-state index is 0.0261. The van der Waals surface area contributed by atoms with Crippen LogP contribution in [0.25, 0.3) is 0 Å². The van der Waals surface area contributed by atoms with Gasteiger partial charge in [-0.1, -0.05) is 51.0 Å². The quantitative estimate of drug-likeness (QED) is 0.839. The molecule has 0 aromatic heterocycles. The highest BCUT2D eigenvalue weighted by molar-refractivity contribution is 5.37. The molecule has 0 heterocycles. The average Bonchev–Trinajstić information content (AvgIpc) is 2.40. The van der Waals surface area contributed by atoms with E-state index in [4.69, 9.17) is 0 Å². The molecule has 1 N–H and O–H groups in total. The third-order valence-electron chi connectivity index (χ3n) is 4.67. The van der Waals surface area contributed by atoms with Crippen molar-refractivity contribution in [3.63, 3.8) is 0 Å². The van der Waals surface area contributed by atoms with Crippen molar-refractivity contribution in [3.8, 4) is 0 Å². The van der Waals surface area contributed by atoms with E-state index in [1.807, 2.05) is 0 Å². The van der Waals surface area contributed by atoms with E-state index in [1.165, 1.54) is 24.0 Å². The summed E-state index contributed by atoms with van der Waals surface area (Å²) in [4.78, 5) is 0. The largest absolute Gasteiger partial charge is 0.395 e. The molecule has 1 unspecified atom stereocenters. The Hall–Kier alpha value is -0.820. The molecule has 1 aromatic carbocycles. The number of benzene rings is 1. The Morgan fingerprint density at radius 1 is 1.24 bits per heavy atom. The number of aliphatic hydroxyl groups excluding tert-OH is 1. The van der Waals surface area contributed by atoms with Gasteiger partial charge >= 0.3 is 0 Å². The van der Waals surface area contributed by atoms with E-state index >= 15 is 0 Å². The van der Waals surface area contributed by atoms with Gasteiger partial charge in [0.05, 0.1) is 6.61 Å². The lowest BCUT2D eigenvalue weighted by atomic mass is 9.62. The van der Waals surface area contributed by atoms with Crippen LogP contribution < -0.4 is 0 Å². The Balaban J connectivity index is 2.48. The maximum Gasteiger partial charge on any atom is 0.0530 e. The smallest absolute Gasteiger partial charge is 0.0530 e. The van der Waals surface area contributed by atoms with Gasteiger partial charge in [0, 0.05) is 5.41 Å². The SMILES string of the molecule is CCC(CC)C1(CO)CCCc2ccccc21. The number of hydrogen-bond donors (Lipinski definition) is 1. The third kappa shape index (κ3) is 2.01. The number of aliphatic hydroxyl groups is 1. The maximum atomic E-state index is 10.0. The van der Waals surface area contributed by atoms with E-state index in [-0.39, 0.29) is 5.41 Å². The predicted molar refractivity (Wildman–Crippen MR) is 72.2 cm³/mol. The number of rotatable bonds is 4. The van der Waals surface area contributed by atoms with Crippen molar-refractivity contribution in [2.75, 3.05) is 6.61 Å². The fraction of sp³-hybridized carbons (Fsp3) is 0.625. The zero-order valence-corrected chi connectivity index (χ0v) is 11.1. The number of fused-ring (bicyclic) bond motifs is 1. The summed E-state index contributed by atoms with van der Waals surface area (Å²) in [5.74, 6) is 0.606. The number of aryl methyl sites for hydroxylation is 1. The van der Waals surface area contributed by atoms with Gasteiger partial charge < -0.3 is 5.11 Å². The Morgan fingerprint density at radius 2 is 1.94 bits per heavy atom. The Labute approximate surface area is 105 Å². The zero-order valence-electron chi connectivity index (χ0n) is 11.1. The van der Waals surface area contributed by atoms with Gasteiger partial charge in [0.15, 0.2) is 0 Å². The van der Waals surface area contributed by atoms with Crippen LogP contribution in [-0.4, -0.2) is 11.7 Å². The first kappa shape index (κ1) is 12.6. The second kappa shape index (κ2) is 5.22. The van der Waals surface area contributed by atoms with Crippen molar-refractivity contribution in [2.24, 2.45) is 5.92 Å². The standard InChI is InChI=1S/C16H24O/c1-3-14(4-2)16(12-17)11-7-9-13-8-5-6-10-15(13)16/h5-6,8,10,14,17H,3-4,7,9,11-12H2,1-2H3. The van der Waals surface area contributed by atoms with Crippen LogP contribution in [0.5, 0.6) is 0 Å². The van der Waals surface area contributed by atoms with Crippen molar-refractivity contribution >= 4 is 0 Å². The monoisotopic (exact) mass is 232 g/mol. The van der Waals surface area contributed by atoms with Gasteiger partial charge in [-0.3, -0.25) is 0 Å². The topological polar surface area (TPSA) is 20.2 Å². The molecule has 0 fully saturated rings. The van der Waals surface area contributed by atoms with Crippen LogP contribution >= 0.6 is 0 Å². The Kier molecular flexibility index (Phi) is 3.88. The first-order chi connectivity index (χ1) is 8.28. The molecular weight excluding hydrogens is 208 g/mol. The second-order valence-corrected chi connectivity index (χ2v) is 5.34. The van der Waals surface area contributed by atoms with Gasteiger partial charge in [-0.05, 0) is 36.3 Å². The molecular formula is C16H24O. The van der Waals surface area contributed by atoms with Gasteiger partial charge in [-0.15, -0.1) is 0 Å². The summed E-state index contributed by atoms with van der Waals surface area (Å²) in [5, 5.41) is 10.0. The molecule has 0 radical (unpaired) electrons. The summed E-state index contributed by atoms with van der Waals surface area (Å²) in [5.41, 5.74) is 2.90. The Morgan fingerprint density at radius 3 is 2.59 bits per heavy atom. The van der Waals surface area contributed by atoms with E-state index in [9.17, 15) is 5.11 Å². The van der Waals surface area contributed by atoms with Crippen molar-refractivity contribution < 1.29 is 5.11 Å². The van der Waals surface area contributed by atoms with Crippen LogP contribution in [-0.2, 0) is 11.8 Å². The number of hydrogen-bond acceptors (Lipinski definition) is 1. The maximum absolute atomic E-state index is 10.0. The summed E-state index contributed by atoms with van der Waals surface area (Å²) >= 11 is 0. The summed E-state index contributed by atoms with van der Waals surface area (Å²) < 4.78 is 0. The first-order valence-corrected chi connectivity index (χ1v) is 6.97. The minimum atomic E-state index is 0.0261. The molecule has 17 heavy (non-hydrogen) atoms. The van der Waals surface area contributed by atoms with Gasteiger partial charge in [0.1, 0.15) is 0 Å². The molecule has 0 aliphatic heterocycles. The van der Waals surface area contributed by atoms with E-state index in [0.717, 1.165) is 19.3 Å². The van der Waals surface area contributed by atoms with E-state index in [2.05, 4.69) is 38.1 Å². The van der Waals surface area contributed by atoms with Crippen molar-refractivity contribution in [1.29, 1.82) is 0 Å². The average molecular weight is 232 g/mol. The summed E-state index contributed by atoms with van der Waals surface area (Å²) in [6.07, 6.45) is 5.86. The predicted octanol–water partition coefficient (Wildman–Crippen LogP) is 3.69. The highest BCUT2D eigenvalue weighted by Crippen LogP contribution is 2.45. The summed E-state index contributed by atoms with van der Waals surface area (Å²) in [6, 6.07) is 8.72. The lowest BCUT2D eigenvalue weighted by Crippen LogP contribution is -2.41. The van der Waals surface area contributed by atoms with Crippen LogP contribution in [0, 0.1) is 5.92 Å². The van der Waals surface area contributed by atoms with Crippen LogP contribution in [0.15, 0.2) is 24.3 Å². The third-order valence-corrected chi connectivity index (χ3v) is 4.67. The molecule has 2 rings (SSSR count). The lowest BCUT2D eigenvalue weighted by molar-refractivity contribution is 0.110. The van der Waals surface area contributed by atoms with Crippen molar-refractivity contribution in [3.05, 3.63) is 35.4 Å². The van der Waals surface area contributed by atoms with Gasteiger partial charge in [-0.2, -0.15) is 0 Å². The van der Waals surface area contributed by atoms with Crippen molar-refractivity contribution in [2.45, 2.75) is 51.4 Å². The summed E-state index contributed by atoms with van der Waals surface area (Å²) in [6.45, 7) is 4.81. The van der Waals surface area contributed by atoms with Crippen LogP contribution in [0.3, 0.4) is 0 Å². The molecule has 1 aromatic rings. The molecule has 1 aliphatic rings. The molecule has 1 nitrogen and oxygen atoms in total. The molecule has 0 spiro atoms. The van der Waals surface area contributed by atoms with E-state index in [1.54, 1.807) is 0 Å². The van der Waals surface area contributed by atoms with Crippen molar-refractivity contribution in [1.82, 2.24) is 0 Å². The molecule has 1 aliphatic carbocycles. The molecule has 0 amide bonds. The van der Waals surface area contributed by atoms with Gasteiger partial charge in [0.2, 0.25) is 0 Å². The second-order valence-electron chi connectivity index (χ2n) is 5.34. The highest BCUT2D eigenvalue weighted by Gasteiger charge is 2.40. The van der Waals surface area contributed by atoms with Crippen LogP contribution in [0.2, 0.25) is 0 Å². The van der Waals surface area contributed by atoms with Crippen LogP contribution in [0.4, 0.5) is 0 Å². The minimum Gasteiger partial charge on any atom is -0.395 e. The fourth-order valence-electron chi connectivity index (χ4n) is 3.74. The lowest BCUT2D eigenvalue weighted by Gasteiger charge is -2.43. The molecule has 0 bridgehead atoms. The molecule has 1 atom stereocenters. The zero-order chi connectivity index (χ0) is 12.3. The molecule has 1 heteroatoms. The van der Waals surface area contributed by atoms with E-state index < -0.39 is 0 Å². The molecule has 0 saturated heterocycles. The normalized spacial score (nSPS) is 23.8.